The number of hydrogen-bond acceptors (Lipinski definition) is 3. The molecule has 2 aromatic rings. The van der Waals surface area contributed by atoms with Gasteiger partial charge in [-0.3, -0.25) is 0 Å². The number of rotatable bonds is 5. The number of hydrogen-bond donors (Lipinski definition) is 2. The highest BCUT2D eigenvalue weighted by molar-refractivity contribution is 5.88. The average Bonchev–Trinajstić information content (AvgIpc) is 3.23. The molecule has 2 aliphatic rings. The zero-order valence-corrected chi connectivity index (χ0v) is 18.9. The number of carbonyl (C=O) groups is 1. The Morgan fingerprint density at radius 2 is 1.68 bits per heavy atom. The molecule has 4 heteroatoms. The highest BCUT2D eigenvalue weighted by atomic mass is 16.4. The molecule has 1 heterocycles. The van der Waals surface area contributed by atoms with Crippen LogP contribution in [0.25, 0.3) is 12.2 Å². The molecule has 1 aliphatic carbocycles. The third-order valence-corrected chi connectivity index (χ3v) is 6.76. The first-order valence-corrected chi connectivity index (χ1v) is 11.0. The van der Waals surface area contributed by atoms with E-state index in [2.05, 4.69) is 74.7 Å². The number of carboxylic acids is 1. The highest BCUT2D eigenvalue weighted by Gasteiger charge is 2.37. The molecule has 0 atom stereocenters. The number of nitrogens with one attached hydrogen (secondary N) is 1. The summed E-state index contributed by atoms with van der Waals surface area (Å²) in [7, 11) is 0. The molecule has 0 saturated heterocycles. The van der Waals surface area contributed by atoms with Crippen LogP contribution in [0.15, 0.2) is 48.7 Å². The fourth-order valence-corrected chi connectivity index (χ4v) is 4.59. The molecule has 2 N–H and O–H groups in total. The molecule has 0 saturated carbocycles. The lowest BCUT2D eigenvalue weighted by Gasteiger charge is -2.42. The molecule has 0 fully saturated rings. The summed E-state index contributed by atoms with van der Waals surface area (Å²) in [6.45, 7) is 11.1. The van der Waals surface area contributed by atoms with Gasteiger partial charge in [-0.1, -0.05) is 70.2 Å². The molecule has 1 aliphatic heterocycles. The monoisotopic (exact) mass is 416 g/mol. The highest BCUT2D eigenvalue weighted by Crippen LogP contribution is 2.46. The Morgan fingerprint density at radius 1 is 1.03 bits per heavy atom. The van der Waals surface area contributed by atoms with Crippen molar-refractivity contribution in [2.75, 3.05) is 6.54 Å². The molecule has 0 spiro atoms. The maximum atomic E-state index is 11.1. The Bertz CT molecular complexity index is 1050. The minimum absolute atomic E-state index is 0.154. The zero-order valence-electron chi connectivity index (χ0n) is 18.9. The van der Waals surface area contributed by atoms with E-state index in [9.17, 15) is 4.79 Å². The summed E-state index contributed by atoms with van der Waals surface area (Å²) in [5.41, 5.74) is 10.4. The third-order valence-electron chi connectivity index (χ3n) is 6.76. The van der Waals surface area contributed by atoms with Crippen LogP contribution in [-0.2, 0) is 17.4 Å². The van der Waals surface area contributed by atoms with Gasteiger partial charge in [-0.25, -0.2) is 10.2 Å². The van der Waals surface area contributed by atoms with Crippen molar-refractivity contribution in [3.05, 3.63) is 82.1 Å². The van der Waals surface area contributed by atoms with Gasteiger partial charge >= 0.3 is 5.97 Å². The molecule has 0 aromatic heterocycles. The summed E-state index contributed by atoms with van der Waals surface area (Å²) in [4.78, 5) is 11.1. The molecular formula is C27H32N2O2. The molecule has 0 amide bonds. The van der Waals surface area contributed by atoms with E-state index in [-0.39, 0.29) is 10.8 Å². The van der Waals surface area contributed by atoms with Crippen LogP contribution in [0.5, 0.6) is 0 Å². The lowest BCUT2D eigenvalue weighted by Crippen LogP contribution is -2.34. The van der Waals surface area contributed by atoms with E-state index in [4.69, 9.17) is 5.11 Å². The van der Waals surface area contributed by atoms with Crippen molar-refractivity contribution in [1.29, 1.82) is 0 Å². The van der Waals surface area contributed by atoms with Crippen LogP contribution in [0, 0.1) is 0 Å². The summed E-state index contributed by atoms with van der Waals surface area (Å²) in [5.74, 6) is -0.900. The first kappa shape index (κ1) is 21.4. The summed E-state index contributed by atoms with van der Waals surface area (Å²) in [6, 6.07) is 11.8. The normalized spacial score (nSPS) is 19.0. The van der Waals surface area contributed by atoms with E-state index in [1.807, 2.05) is 12.1 Å². The van der Waals surface area contributed by atoms with Crippen molar-refractivity contribution >= 4 is 18.1 Å². The number of aromatic carboxylic acids is 1. The lowest BCUT2D eigenvalue weighted by atomic mass is 9.62. The van der Waals surface area contributed by atoms with Crippen LogP contribution in [0.4, 0.5) is 0 Å². The predicted molar refractivity (Wildman–Crippen MR) is 127 cm³/mol. The van der Waals surface area contributed by atoms with Gasteiger partial charge in [0.15, 0.2) is 0 Å². The van der Waals surface area contributed by atoms with Gasteiger partial charge in [-0.05, 0) is 63.6 Å². The van der Waals surface area contributed by atoms with Crippen molar-refractivity contribution in [2.24, 2.45) is 0 Å². The standard InChI is InChI=1S/C27H32N2O2/c1-26(2)12-13-27(3,4)24-17-22(18-29-15-5-14-28-29)21(16-23(24)26)11-8-19-6-9-20(10-7-19)25(30)31/h5-11,15-17,28H,12-14,18H2,1-4H3,(H,30,31)/b11-8+. The summed E-state index contributed by atoms with van der Waals surface area (Å²) >= 11 is 0. The van der Waals surface area contributed by atoms with Gasteiger partial charge in [0, 0.05) is 12.7 Å². The van der Waals surface area contributed by atoms with E-state index in [0.717, 1.165) is 18.7 Å². The first-order valence-electron chi connectivity index (χ1n) is 11.0. The van der Waals surface area contributed by atoms with E-state index >= 15 is 0 Å². The third kappa shape index (κ3) is 4.45. The lowest BCUT2D eigenvalue weighted by molar-refractivity contribution is 0.0697. The minimum Gasteiger partial charge on any atom is -0.478 e. The quantitative estimate of drug-likeness (QED) is 0.611. The van der Waals surface area contributed by atoms with Crippen molar-refractivity contribution < 1.29 is 9.90 Å². The SMILES string of the molecule is CC1(C)CCC(C)(C)c2cc(CN3C=CCN3)c(/C=C/c3ccc(C(=O)O)cc3)cc21. The Kier molecular flexibility index (Phi) is 5.52. The number of hydrazine groups is 1. The molecule has 2 aromatic carbocycles. The fraction of sp³-hybridized carbons (Fsp3) is 0.370. The van der Waals surface area contributed by atoms with Crippen LogP contribution in [0.2, 0.25) is 0 Å². The average molecular weight is 417 g/mol. The molecule has 4 nitrogen and oxygen atoms in total. The molecule has 4 rings (SSSR count). The first-order chi connectivity index (χ1) is 14.7. The van der Waals surface area contributed by atoms with E-state index in [0.29, 0.717) is 5.56 Å². The van der Waals surface area contributed by atoms with Crippen LogP contribution in [-0.4, -0.2) is 22.6 Å². The molecule has 31 heavy (non-hydrogen) atoms. The van der Waals surface area contributed by atoms with Crippen molar-refractivity contribution in [3.8, 4) is 0 Å². The molecule has 162 valence electrons. The van der Waals surface area contributed by atoms with Gasteiger partial charge in [-0.2, -0.15) is 0 Å². The largest absolute Gasteiger partial charge is 0.478 e. The summed E-state index contributed by atoms with van der Waals surface area (Å²) in [5, 5.41) is 11.3. The number of fused-ring (bicyclic) bond motifs is 1. The van der Waals surface area contributed by atoms with Crippen LogP contribution in [0.1, 0.15) is 78.7 Å². The Hall–Kier alpha value is -2.85. The smallest absolute Gasteiger partial charge is 0.335 e. The van der Waals surface area contributed by atoms with Gasteiger partial charge < -0.3 is 10.1 Å². The molecular weight excluding hydrogens is 384 g/mol. The van der Waals surface area contributed by atoms with Gasteiger partial charge in [0.1, 0.15) is 0 Å². The maximum Gasteiger partial charge on any atom is 0.335 e. The predicted octanol–water partition coefficient (Wildman–Crippen LogP) is 5.74. The summed E-state index contributed by atoms with van der Waals surface area (Å²) in [6.07, 6.45) is 10.9. The van der Waals surface area contributed by atoms with Crippen LogP contribution < -0.4 is 5.43 Å². The maximum absolute atomic E-state index is 11.1. The van der Waals surface area contributed by atoms with E-state index in [1.165, 1.54) is 35.1 Å². The second-order valence-corrected chi connectivity index (χ2v) is 10.00. The van der Waals surface area contributed by atoms with Crippen LogP contribution >= 0.6 is 0 Å². The second kappa shape index (κ2) is 8.01. The number of carboxylic acid groups (broad SMARTS) is 1. The van der Waals surface area contributed by atoms with Crippen molar-refractivity contribution in [3.63, 3.8) is 0 Å². The molecule has 0 bridgehead atoms. The van der Waals surface area contributed by atoms with Crippen molar-refractivity contribution in [1.82, 2.24) is 10.4 Å². The van der Waals surface area contributed by atoms with Crippen molar-refractivity contribution in [2.45, 2.75) is 57.9 Å². The topological polar surface area (TPSA) is 52.6 Å². The Balaban J connectivity index is 1.75. The number of nitrogens with zero attached hydrogens (tertiary/aromatic N) is 1. The Labute approximate surface area is 185 Å². The minimum atomic E-state index is -0.900. The van der Waals surface area contributed by atoms with Gasteiger partial charge in [-0.15, -0.1) is 0 Å². The van der Waals surface area contributed by atoms with Gasteiger partial charge in [0.2, 0.25) is 0 Å². The summed E-state index contributed by atoms with van der Waals surface area (Å²) < 4.78 is 0. The fourth-order valence-electron chi connectivity index (χ4n) is 4.59. The Morgan fingerprint density at radius 3 is 2.26 bits per heavy atom. The van der Waals surface area contributed by atoms with Gasteiger partial charge in [0.25, 0.3) is 0 Å². The molecule has 0 unspecified atom stereocenters. The van der Waals surface area contributed by atoms with E-state index < -0.39 is 5.97 Å². The van der Waals surface area contributed by atoms with E-state index in [1.54, 1.807) is 12.1 Å². The number of benzene rings is 2. The van der Waals surface area contributed by atoms with Crippen LogP contribution in [0.3, 0.4) is 0 Å². The zero-order chi connectivity index (χ0) is 22.2. The molecule has 0 radical (unpaired) electrons. The van der Waals surface area contributed by atoms with Gasteiger partial charge in [0.05, 0.1) is 12.1 Å². The second-order valence-electron chi connectivity index (χ2n) is 10.00.